The average Bonchev–Trinajstić information content (AvgIpc) is 2.18. The van der Waals surface area contributed by atoms with Crippen molar-refractivity contribution in [2.24, 2.45) is 17.6 Å². The molecule has 0 aromatic rings. The number of rotatable bonds is 2. The molecule has 0 atom stereocenters. The highest BCUT2D eigenvalue weighted by molar-refractivity contribution is 5.80. The first-order chi connectivity index (χ1) is 6.27. The van der Waals surface area contributed by atoms with Crippen molar-refractivity contribution in [3.8, 4) is 6.19 Å². The van der Waals surface area contributed by atoms with Gasteiger partial charge in [-0.25, -0.2) is 0 Å². The van der Waals surface area contributed by atoms with Crippen molar-refractivity contribution in [3.63, 3.8) is 0 Å². The fourth-order valence-electron chi connectivity index (χ4n) is 1.82. The molecule has 13 heavy (non-hydrogen) atoms. The van der Waals surface area contributed by atoms with Gasteiger partial charge in [0.15, 0.2) is 6.19 Å². The molecule has 4 heteroatoms. The lowest BCUT2D eigenvalue weighted by atomic mass is 9.82. The molecule has 0 unspecified atom stereocenters. The zero-order chi connectivity index (χ0) is 9.68. The second kappa shape index (κ2) is 4.83. The second-order valence-corrected chi connectivity index (χ2v) is 3.55. The summed E-state index contributed by atoms with van der Waals surface area (Å²) in [5.41, 5.74) is 5.53. The fourth-order valence-corrected chi connectivity index (χ4v) is 1.82. The molecule has 0 aromatic heterocycles. The van der Waals surface area contributed by atoms with Gasteiger partial charge in [0.25, 0.3) is 0 Å². The minimum absolute atomic E-state index is 0.0300. The number of hydrogen-bond acceptors (Lipinski definition) is 3. The Bertz CT molecular complexity index is 213. The first-order valence-corrected chi connectivity index (χ1v) is 4.67. The van der Waals surface area contributed by atoms with Crippen LogP contribution in [0.5, 0.6) is 0 Å². The Kier molecular flexibility index (Phi) is 3.71. The maximum absolute atomic E-state index is 11.2. The van der Waals surface area contributed by atoms with Gasteiger partial charge in [-0.15, -0.1) is 0 Å². The van der Waals surface area contributed by atoms with E-state index >= 15 is 0 Å². The van der Waals surface area contributed by atoms with E-state index in [1.807, 2.05) is 0 Å². The van der Waals surface area contributed by atoms with Gasteiger partial charge in [-0.2, -0.15) is 5.26 Å². The lowest BCUT2D eigenvalue weighted by Crippen LogP contribution is -2.31. The normalized spacial score (nSPS) is 27.7. The van der Waals surface area contributed by atoms with Crippen molar-refractivity contribution in [3.05, 3.63) is 0 Å². The zero-order valence-electron chi connectivity index (χ0n) is 7.62. The summed E-state index contributed by atoms with van der Waals surface area (Å²) in [6.07, 6.45) is 5.43. The van der Waals surface area contributed by atoms with Gasteiger partial charge in [0.2, 0.25) is 5.91 Å². The summed E-state index contributed by atoms with van der Waals surface area (Å²) in [5.74, 6) is 0.478. The third kappa shape index (κ3) is 2.71. The SMILES string of the molecule is N#CNC(=O)C1CCC(CN)CC1. The molecule has 1 aliphatic rings. The van der Waals surface area contributed by atoms with Crippen LogP contribution in [0.15, 0.2) is 0 Å². The number of nitrogens with two attached hydrogens (primary N) is 1. The van der Waals surface area contributed by atoms with Crippen molar-refractivity contribution >= 4 is 5.91 Å². The topological polar surface area (TPSA) is 78.9 Å². The van der Waals surface area contributed by atoms with Crippen molar-refractivity contribution in [2.75, 3.05) is 6.54 Å². The Hall–Kier alpha value is -1.08. The highest BCUT2D eigenvalue weighted by Gasteiger charge is 2.25. The Morgan fingerprint density at radius 1 is 1.46 bits per heavy atom. The van der Waals surface area contributed by atoms with Crippen LogP contribution in [-0.2, 0) is 4.79 Å². The number of carbonyl (C=O) groups is 1. The van der Waals surface area contributed by atoms with Crippen molar-refractivity contribution in [1.29, 1.82) is 5.26 Å². The van der Waals surface area contributed by atoms with Crippen LogP contribution in [0.1, 0.15) is 25.7 Å². The predicted octanol–water partition coefficient (Wildman–Crippen LogP) is 0.349. The standard InChI is InChI=1S/C9H15N3O/c10-5-7-1-3-8(4-2-7)9(13)12-6-11/h7-8H,1-5,10H2,(H,12,13). The Morgan fingerprint density at radius 3 is 2.54 bits per heavy atom. The van der Waals surface area contributed by atoms with Crippen molar-refractivity contribution < 1.29 is 4.79 Å². The monoisotopic (exact) mass is 181 g/mol. The van der Waals surface area contributed by atoms with Crippen LogP contribution in [0.4, 0.5) is 0 Å². The molecule has 0 heterocycles. The highest BCUT2D eigenvalue weighted by atomic mass is 16.1. The van der Waals surface area contributed by atoms with Crippen molar-refractivity contribution in [1.82, 2.24) is 5.32 Å². The van der Waals surface area contributed by atoms with Crippen LogP contribution in [0.2, 0.25) is 0 Å². The minimum Gasteiger partial charge on any atom is -0.330 e. The second-order valence-electron chi connectivity index (χ2n) is 3.55. The van der Waals surface area contributed by atoms with Gasteiger partial charge in [-0.05, 0) is 38.1 Å². The molecule has 1 aliphatic carbocycles. The first kappa shape index (κ1) is 10.0. The van der Waals surface area contributed by atoms with E-state index in [1.165, 1.54) is 0 Å². The number of carbonyl (C=O) groups excluding carboxylic acids is 1. The zero-order valence-corrected chi connectivity index (χ0v) is 7.62. The summed E-state index contributed by atoms with van der Waals surface area (Å²) in [5, 5.41) is 10.4. The summed E-state index contributed by atoms with van der Waals surface area (Å²) in [6, 6.07) is 0. The lowest BCUT2D eigenvalue weighted by molar-refractivity contribution is -0.125. The number of nitrogens with one attached hydrogen (secondary N) is 1. The molecule has 0 radical (unpaired) electrons. The van der Waals surface area contributed by atoms with Crippen molar-refractivity contribution in [2.45, 2.75) is 25.7 Å². The van der Waals surface area contributed by atoms with Gasteiger partial charge in [0.1, 0.15) is 0 Å². The first-order valence-electron chi connectivity index (χ1n) is 4.67. The van der Waals surface area contributed by atoms with E-state index in [9.17, 15) is 4.79 Å². The van der Waals surface area contributed by atoms with Crippen LogP contribution in [-0.4, -0.2) is 12.5 Å². The lowest BCUT2D eigenvalue weighted by Gasteiger charge is -2.25. The van der Waals surface area contributed by atoms with E-state index in [0.717, 1.165) is 25.7 Å². The molecule has 0 spiro atoms. The summed E-state index contributed by atoms with van der Waals surface area (Å²) in [4.78, 5) is 11.2. The maximum Gasteiger partial charge on any atom is 0.236 e. The fraction of sp³-hybridized carbons (Fsp3) is 0.778. The number of nitrogens with zero attached hydrogens (tertiary/aromatic N) is 1. The number of hydrogen-bond donors (Lipinski definition) is 2. The number of nitriles is 1. The van der Waals surface area contributed by atoms with Crippen LogP contribution < -0.4 is 11.1 Å². The van der Waals surface area contributed by atoms with E-state index in [-0.39, 0.29) is 11.8 Å². The highest BCUT2D eigenvalue weighted by Crippen LogP contribution is 2.27. The number of amides is 1. The molecule has 3 N–H and O–H groups in total. The largest absolute Gasteiger partial charge is 0.330 e. The summed E-state index contributed by atoms with van der Waals surface area (Å²) in [6.45, 7) is 0.715. The maximum atomic E-state index is 11.2. The van der Waals surface area contributed by atoms with Gasteiger partial charge >= 0.3 is 0 Å². The molecule has 0 bridgehead atoms. The Labute approximate surface area is 78.1 Å². The van der Waals surface area contributed by atoms with Crippen LogP contribution in [0.3, 0.4) is 0 Å². The van der Waals surface area contributed by atoms with E-state index in [1.54, 1.807) is 6.19 Å². The van der Waals surface area contributed by atoms with Gasteiger partial charge in [-0.1, -0.05) is 0 Å². The molecule has 0 aliphatic heterocycles. The molecule has 1 saturated carbocycles. The van der Waals surface area contributed by atoms with Gasteiger partial charge < -0.3 is 5.73 Å². The summed E-state index contributed by atoms with van der Waals surface area (Å²) in [7, 11) is 0. The Balaban J connectivity index is 2.33. The van der Waals surface area contributed by atoms with E-state index < -0.39 is 0 Å². The quantitative estimate of drug-likeness (QED) is 0.476. The third-order valence-electron chi connectivity index (χ3n) is 2.73. The predicted molar refractivity (Wildman–Crippen MR) is 48.3 cm³/mol. The molecular weight excluding hydrogens is 166 g/mol. The Morgan fingerprint density at radius 2 is 2.08 bits per heavy atom. The summed E-state index contributed by atoms with van der Waals surface area (Å²) >= 11 is 0. The van der Waals surface area contributed by atoms with Crippen LogP contribution in [0.25, 0.3) is 0 Å². The average molecular weight is 181 g/mol. The van der Waals surface area contributed by atoms with Gasteiger partial charge in [-0.3, -0.25) is 10.1 Å². The molecule has 72 valence electrons. The molecule has 0 saturated heterocycles. The van der Waals surface area contributed by atoms with Crippen LogP contribution >= 0.6 is 0 Å². The third-order valence-corrected chi connectivity index (χ3v) is 2.73. The smallest absolute Gasteiger partial charge is 0.236 e. The molecule has 1 fully saturated rings. The van der Waals surface area contributed by atoms with E-state index in [4.69, 9.17) is 11.0 Å². The van der Waals surface area contributed by atoms with Gasteiger partial charge in [0.05, 0.1) is 0 Å². The van der Waals surface area contributed by atoms with E-state index in [2.05, 4.69) is 5.32 Å². The molecule has 1 rings (SSSR count). The van der Waals surface area contributed by atoms with Gasteiger partial charge in [0, 0.05) is 5.92 Å². The molecular formula is C9H15N3O. The minimum atomic E-state index is -0.127. The summed E-state index contributed by atoms with van der Waals surface area (Å²) < 4.78 is 0. The molecule has 1 amide bonds. The molecule has 4 nitrogen and oxygen atoms in total. The van der Waals surface area contributed by atoms with E-state index in [0.29, 0.717) is 12.5 Å². The molecule has 0 aromatic carbocycles. The van der Waals surface area contributed by atoms with Crippen LogP contribution in [0, 0.1) is 23.3 Å².